The molecule has 32 heavy (non-hydrogen) atoms. The fraction of sp³-hybridized carbons (Fsp3) is 0.391. The van der Waals surface area contributed by atoms with E-state index >= 15 is 0 Å². The molecule has 1 unspecified atom stereocenters. The second-order valence-electron chi connectivity index (χ2n) is 8.24. The molecular formula is C23H24ClN5O2S. The SMILES string of the molecule is O=C(CSc1n[nH]c(CC2CCCC2)n1)N1N=C(c2ccc(Cl)cc2)CC1c1ccco1. The van der Waals surface area contributed by atoms with E-state index < -0.39 is 0 Å². The topological polar surface area (TPSA) is 87.4 Å². The molecule has 0 saturated heterocycles. The van der Waals surface area contributed by atoms with Crippen molar-refractivity contribution in [1.29, 1.82) is 0 Å². The van der Waals surface area contributed by atoms with Gasteiger partial charge in [0, 0.05) is 17.9 Å². The second-order valence-corrected chi connectivity index (χ2v) is 9.61. The van der Waals surface area contributed by atoms with Gasteiger partial charge in [-0.3, -0.25) is 9.89 Å². The van der Waals surface area contributed by atoms with Gasteiger partial charge < -0.3 is 4.42 Å². The highest BCUT2D eigenvalue weighted by Gasteiger charge is 2.35. The Kier molecular flexibility index (Phi) is 6.32. The first-order valence-corrected chi connectivity index (χ1v) is 12.2. The minimum absolute atomic E-state index is 0.109. The van der Waals surface area contributed by atoms with Crippen LogP contribution in [0.4, 0.5) is 0 Å². The highest BCUT2D eigenvalue weighted by Crippen LogP contribution is 2.34. The van der Waals surface area contributed by atoms with Gasteiger partial charge in [0.25, 0.3) is 5.91 Å². The Hall–Kier alpha value is -2.58. The number of aromatic amines is 1. The van der Waals surface area contributed by atoms with E-state index in [0.717, 1.165) is 23.5 Å². The van der Waals surface area contributed by atoms with Crippen molar-refractivity contribution in [2.75, 3.05) is 5.75 Å². The molecule has 9 heteroatoms. The van der Waals surface area contributed by atoms with E-state index in [0.29, 0.717) is 28.3 Å². The minimum atomic E-state index is -0.270. The van der Waals surface area contributed by atoms with Crippen molar-refractivity contribution in [2.24, 2.45) is 11.0 Å². The Balaban J connectivity index is 1.27. The molecule has 0 radical (unpaired) electrons. The maximum Gasteiger partial charge on any atom is 0.253 e. The molecule has 2 aromatic heterocycles. The lowest BCUT2D eigenvalue weighted by molar-refractivity contribution is -0.130. The number of amides is 1. The summed E-state index contributed by atoms with van der Waals surface area (Å²) in [6.07, 6.45) is 8.27. The van der Waals surface area contributed by atoms with Gasteiger partial charge in [0.2, 0.25) is 5.16 Å². The summed E-state index contributed by atoms with van der Waals surface area (Å²) in [4.78, 5) is 17.7. The highest BCUT2D eigenvalue weighted by molar-refractivity contribution is 7.99. The summed E-state index contributed by atoms with van der Waals surface area (Å²) in [7, 11) is 0. The number of benzene rings is 1. The molecule has 0 spiro atoms. The smallest absolute Gasteiger partial charge is 0.253 e. The van der Waals surface area contributed by atoms with Crippen LogP contribution in [0, 0.1) is 5.92 Å². The van der Waals surface area contributed by atoms with Gasteiger partial charge in [-0.15, -0.1) is 5.10 Å². The summed E-state index contributed by atoms with van der Waals surface area (Å²) >= 11 is 7.35. The van der Waals surface area contributed by atoms with Gasteiger partial charge in [-0.05, 0) is 35.7 Å². The molecular weight excluding hydrogens is 446 g/mol. The molecule has 3 aromatic rings. The summed E-state index contributed by atoms with van der Waals surface area (Å²) in [5.41, 5.74) is 1.78. The molecule has 1 fully saturated rings. The Morgan fingerprint density at radius 3 is 2.78 bits per heavy atom. The van der Waals surface area contributed by atoms with Crippen molar-refractivity contribution < 1.29 is 9.21 Å². The Labute approximate surface area is 195 Å². The van der Waals surface area contributed by atoms with Crippen LogP contribution in [0.3, 0.4) is 0 Å². The third-order valence-electron chi connectivity index (χ3n) is 6.01. The fourth-order valence-electron chi connectivity index (χ4n) is 4.37. The van der Waals surface area contributed by atoms with Crippen LogP contribution in [-0.4, -0.2) is 37.6 Å². The molecule has 5 rings (SSSR count). The summed E-state index contributed by atoms with van der Waals surface area (Å²) in [6.45, 7) is 0. The van der Waals surface area contributed by atoms with Crippen LogP contribution in [0.2, 0.25) is 5.02 Å². The van der Waals surface area contributed by atoms with Crippen molar-refractivity contribution in [3.63, 3.8) is 0 Å². The Morgan fingerprint density at radius 2 is 2.03 bits per heavy atom. The van der Waals surface area contributed by atoms with E-state index in [-0.39, 0.29) is 17.7 Å². The lowest BCUT2D eigenvalue weighted by atomic mass is 10.0. The first kappa shape index (κ1) is 21.3. The maximum atomic E-state index is 13.1. The number of hydrogen-bond donors (Lipinski definition) is 1. The standard InChI is InChI=1S/C23H24ClN5O2S/c24-17-9-7-16(8-10-17)18-13-19(20-6-3-11-31-20)29(28-18)22(30)14-32-23-25-21(26-27-23)12-15-4-1-2-5-15/h3,6-11,15,19H,1-2,4-5,12-14H2,(H,25,26,27). The van der Waals surface area contributed by atoms with Crippen LogP contribution in [0.5, 0.6) is 0 Å². The van der Waals surface area contributed by atoms with Gasteiger partial charge in [0.15, 0.2) is 0 Å². The molecule has 3 heterocycles. The monoisotopic (exact) mass is 469 g/mol. The molecule has 7 nitrogen and oxygen atoms in total. The van der Waals surface area contributed by atoms with Crippen molar-refractivity contribution >= 4 is 35.0 Å². The number of aromatic nitrogens is 3. The normalized spacial score (nSPS) is 19.0. The zero-order valence-corrected chi connectivity index (χ0v) is 19.1. The van der Waals surface area contributed by atoms with E-state index in [1.165, 1.54) is 42.5 Å². The van der Waals surface area contributed by atoms with E-state index in [2.05, 4.69) is 20.3 Å². The molecule has 1 aliphatic carbocycles. The van der Waals surface area contributed by atoms with Crippen molar-refractivity contribution in [1.82, 2.24) is 20.2 Å². The zero-order valence-electron chi connectivity index (χ0n) is 17.5. The van der Waals surface area contributed by atoms with E-state index in [4.69, 9.17) is 16.0 Å². The van der Waals surface area contributed by atoms with Gasteiger partial charge >= 0.3 is 0 Å². The number of nitrogens with one attached hydrogen (secondary N) is 1. The van der Waals surface area contributed by atoms with E-state index in [9.17, 15) is 4.79 Å². The minimum Gasteiger partial charge on any atom is -0.467 e. The number of H-pyrrole nitrogens is 1. The number of furan rings is 1. The lowest BCUT2D eigenvalue weighted by Crippen LogP contribution is -2.28. The number of rotatable bonds is 7. The molecule has 2 aliphatic rings. The third kappa shape index (κ3) is 4.76. The number of thioether (sulfide) groups is 1. The van der Waals surface area contributed by atoms with Gasteiger partial charge in [-0.25, -0.2) is 9.99 Å². The zero-order chi connectivity index (χ0) is 21.9. The third-order valence-corrected chi connectivity index (χ3v) is 7.09. The number of hydrazone groups is 1. The van der Waals surface area contributed by atoms with Gasteiger partial charge in [-0.1, -0.05) is 61.2 Å². The van der Waals surface area contributed by atoms with Crippen LogP contribution in [0.25, 0.3) is 0 Å². The van der Waals surface area contributed by atoms with E-state index in [1.807, 2.05) is 36.4 Å². The number of halogens is 1. The Bertz CT molecular complexity index is 1090. The van der Waals surface area contributed by atoms with Crippen LogP contribution in [0.15, 0.2) is 57.3 Å². The molecule has 0 bridgehead atoms. The van der Waals surface area contributed by atoms with Crippen molar-refractivity contribution in [2.45, 2.75) is 49.7 Å². The van der Waals surface area contributed by atoms with Crippen LogP contribution in [-0.2, 0) is 11.2 Å². The first-order valence-electron chi connectivity index (χ1n) is 10.9. The molecule has 1 aliphatic heterocycles. The van der Waals surface area contributed by atoms with Gasteiger partial charge in [0.05, 0.1) is 17.7 Å². The van der Waals surface area contributed by atoms with Gasteiger partial charge in [0.1, 0.15) is 17.6 Å². The summed E-state index contributed by atoms with van der Waals surface area (Å²) in [6, 6.07) is 10.9. The lowest BCUT2D eigenvalue weighted by Gasteiger charge is -2.19. The molecule has 166 valence electrons. The second kappa shape index (κ2) is 9.50. The highest BCUT2D eigenvalue weighted by atomic mass is 35.5. The van der Waals surface area contributed by atoms with Crippen LogP contribution < -0.4 is 0 Å². The maximum absolute atomic E-state index is 13.1. The average molecular weight is 470 g/mol. The first-order chi connectivity index (χ1) is 15.7. The molecule has 1 N–H and O–H groups in total. The van der Waals surface area contributed by atoms with Gasteiger partial charge in [-0.2, -0.15) is 5.10 Å². The van der Waals surface area contributed by atoms with E-state index in [1.54, 1.807) is 6.26 Å². The number of nitrogens with zero attached hydrogens (tertiary/aromatic N) is 4. The molecule has 1 atom stereocenters. The average Bonchev–Trinajstić information content (AvgIpc) is 3.60. The summed E-state index contributed by atoms with van der Waals surface area (Å²) < 4.78 is 5.61. The quantitative estimate of drug-likeness (QED) is 0.477. The van der Waals surface area contributed by atoms with Crippen molar-refractivity contribution in [3.05, 3.63) is 64.8 Å². The van der Waals surface area contributed by atoms with Crippen LogP contribution >= 0.6 is 23.4 Å². The molecule has 1 aromatic carbocycles. The number of carbonyl (C=O) groups is 1. The molecule has 1 amide bonds. The summed E-state index contributed by atoms with van der Waals surface area (Å²) in [5.74, 6) is 2.41. The Morgan fingerprint density at radius 1 is 1.22 bits per heavy atom. The summed E-state index contributed by atoms with van der Waals surface area (Å²) in [5, 5.41) is 14.8. The predicted octanol–water partition coefficient (Wildman–Crippen LogP) is 5.25. The fourth-order valence-corrected chi connectivity index (χ4v) is 5.17. The molecule has 1 saturated carbocycles. The van der Waals surface area contributed by atoms with Crippen molar-refractivity contribution in [3.8, 4) is 0 Å². The predicted molar refractivity (Wildman–Crippen MR) is 124 cm³/mol. The van der Waals surface area contributed by atoms with Crippen LogP contribution in [0.1, 0.15) is 55.3 Å². The number of hydrogen-bond acceptors (Lipinski definition) is 6. The largest absolute Gasteiger partial charge is 0.467 e. The number of carbonyl (C=O) groups excluding carboxylic acids is 1.